The number of rotatable bonds is 4. The molecule has 0 bridgehead atoms. The second-order valence-corrected chi connectivity index (χ2v) is 3.55. The molecule has 0 aliphatic rings. The lowest BCUT2D eigenvalue weighted by Gasteiger charge is -2.13. The molecule has 0 heterocycles. The summed E-state index contributed by atoms with van der Waals surface area (Å²) in [4.78, 5) is 11.1. The molecule has 0 N–H and O–H groups in total. The van der Waals surface area contributed by atoms with Gasteiger partial charge in [0.2, 0.25) is 0 Å². The van der Waals surface area contributed by atoms with Crippen LogP contribution in [-0.4, -0.2) is 20.0 Å². The molecule has 0 amide bonds. The summed E-state index contributed by atoms with van der Waals surface area (Å²) < 4.78 is 10.3. The molecule has 0 atom stereocenters. The van der Waals surface area contributed by atoms with Crippen molar-refractivity contribution in [3.63, 3.8) is 0 Å². The number of hydrogen-bond acceptors (Lipinski definition) is 3. The topological polar surface area (TPSA) is 35.5 Å². The van der Waals surface area contributed by atoms with Crippen molar-refractivity contribution in [2.75, 3.05) is 14.2 Å². The Bertz CT molecular complexity index is 374. The minimum Gasteiger partial charge on any atom is -0.496 e. The van der Waals surface area contributed by atoms with Crippen molar-refractivity contribution in [1.82, 2.24) is 0 Å². The number of halogens is 1. The minimum absolute atomic E-state index is 0.0360. The first kappa shape index (κ1) is 11.9. The van der Waals surface area contributed by atoms with Gasteiger partial charge in [-0.1, -0.05) is 11.6 Å². The van der Waals surface area contributed by atoms with E-state index < -0.39 is 0 Å². The first-order chi connectivity index (χ1) is 7.10. The molecule has 1 aromatic rings. The van der Waals surface area contributed by atoms with Crippen LogP contribution in [0.1, 0.15) is 12.5 Å². The van der Waals surface area contributed by atoms with Gasteiger partial charge in [-0.05, 0) is 19.1 Å². The maximum absolute atomic E-state index is 11.1. The fourth-order valence-electron chi connectivity index (χ4n) is 1.41. The number of Topliss-reactive ketones (excluding diaryl/α,β-unsaturated/α-hetero) is 1. The smallest absolute Gasteiger partial charge is 0.144 e. The zero-order valence-corrected chi connectivity index (χ0v) is 9.72. The molecule has 0 spiro atoms. The van der Waals surface area contributed by atoms with Gasteiger partial charge in [0.15, 0.2) is 0 Å². The van der Waals surface area contributed by atoms with Crippen molar-refractivity contribution < 1.29 is 14.3 Å². The van der Waals surface area contributed by atoms with Crippen LogP contribution >= 0.6 is 11.6 Å². The average Bonchev–Trinajstić information content (AvgIpc) is 2.18. The minimum atomic E-state index is 0.0360. The Hall–Kier alpha value is -1.22. The third-order valence-corrected chi connectivity index (χ3v) is 2.32. The zero-order chi connectivity index (χ0) is 11.4. The molecule has 3 nitrogen and oxygen atoms in total. The lowest BCUT2D eigenvalue weighted by atomic mass is 10.1. The molecular weight excluding hydrogens is 216 g/mol. The second kappa shape index (κ2) is 5.03. The van der Waals surface area contributed by atoms with Crippen LogP contribution in [0.15, 0.2) is 12.1 Å². The van der Waals surface area contributed by atoms with Gasteiger partial charge in [-0.3, -0.25) is 4.79 Å². The predicted molar refractivity (Wildman–Crippen MR) is 58.9 cm³/mol. The third-order valence-electron chi connectivity index (χ3n) is 2.02. The monoisotopic (exact) mass is 228 g/mol. The quantitative estimate of drug-likeness (QED) is 0.794. The van der Waals surface area contributed by atoms with Crippen molar-refractivity contribution in [3.8, 4) is 11.5 Å². The molecule has 0 saturated carbocycles. The molecule has 0 unspecified atom stereocenters. The van der Waals surface area contributed by atoms with E-state index in [9.17, 15) is 4.79 Å². The van der Waals surface area contributed by atoms with Gasteiger partial charge < -0.3 is 9.47 Å². The Morgan fingerprint density at radius 2 is 2.00 bits per heavy atom. The molecule has 0 fully saturated rings. The van der Waals surface area contributed by atoms with Crippen LogP contribution < -0.4 is 9.47 Å². The van der Waals surface area contributed by atoms with E-state index >= 15 is 0 Å². The van der Waals surface area contributed by atoms with Crippen LogP contribution in [0.2, 0.25) is 5.02 Å². The second-order valence-electron chi connectivity index (χ2n) is 3.14. The Labute approximate surface area is 93.9 Å². The Morgan fingerprint density at radius 1 is 1.33 bits per heavy atom. The molecule has 82 valence electrons. The Morgan fingerprint density at radius 3 is 2.47 bits per heavy atom. The van der Waals surface area contributed by atoms with Gasteiger partial charge in [0.25, 0.3) is 0 Å². The van der Waals surface area contributed by atoms with Gasteiger partial charge in [-0.15, -0.1) is 0 Å². The molecule has 1 rings (SSSR count). The van der Waals surface area contributed by atoms with Crippen molar-refractivity contribution in [3.05, 3.63) is 22.7 Å². The van der Waals surface area contributed by atoms with Gasteiger partial charge in [-0.25, -0.2) is 0 Å². The van der Waals surface area contributed by atoms with E-state index in [0.717, 1.165) is 0 Å². The molecule has 0 aliphatic carbocycles. The van der Waals surface area contributed by atoms with E-state index in [0.29, 0.717) is 22.1 Å². The highest BCUT2D eigenvalue weighted by Crippen LogP contribution is 2.35. The number of hydrogen-bond donors (Lipinski definition) is 0. The summed E-state index contributed by atoms with van der Waals surface area (Å²) >= 11 is 5.95. The summed E-state index contributed by atoms with van der Waals surface area (Å²) in [7, 11) is 3.07. The van der Waals surface area contributed by atoms with Crippen LogP contribution in [0.3, 0.4) is 0 Å². The maximum atomic E-state index is 11.1. The van der Waals surface area contributed by atoms with Crippen LogP contribution in [-0.2, 0) is 11.2 Å². The van der Waals surface area contributed by atoms with Crippen LogP contribution in [0.25, 0.3) is 0 Å². The van der Waals surface area contributed by atoms with Gasteiger partial charge in [0, 0.05) is 12.0 Å². The van der Waals surface area contributed by atoms with Gasteiger partial charge in [0.1, 0.15) is 17.3 Å². The van der Waals surface area contributed by atoms with Gasteiger partial charge in [0.05, 0.1) is 19.2 Å². The number of carbonyl (C=O) groups excluding carboxylic acids is 1. The summed E-state index contributed by atoms with van der Waals surface area (Å²) in [6.45, 7) is 1.51. The number of methoxy groups -OCH3 is 2. The van der Waals surface area contributed by atoms with Crippen LogP contribution in [0.4, 0.5) is 0 Å². The molecule has 0 radical (unpaired) electrons. The fraction of sp³-hybridized carbons (Fsp3) is 0.364. The molecule has 0 saturated heterocycles. The van der Waals surface area contributed by atoms with Crippen molar-refractivity contribution in [1.29, 1.82) is 0 Å². The molecule has 1 aromatic carbocycles. The summed E-state index contributed by atoms with van der Waals surface area (Å²) in [5, 5.41) is 0.481. The van der Waals surface area contributed by atoms with E-state index in [1.807, 2.05) is 0 Å². The van der Waals surface area contributed by atoms with E-state index in [-0.39, 0.29) is 12.2 Å². The molecule has 0 aliphatic heterocycles. The van der Waals surface area contributed by atoms with Crippen molar-refractivity contribution >= 4 is 17.4 Å². The number of benzene rings is 1. The largest absolute Gasteiger partial charge is 0.496 e. The lowest BCUT2D eigenvalue weighted by molar-refractivity contribution is -0.116. The summed E-state index contributed by atoms with van der Waals surface area (Å²) in [5.41, 5.74) is 0.694. The standard InChI is InChI=1S/C11H13ClO3/c1-7(13)6-8-10(14-2)5-4-9(12)11(8)15-3/h4-5H,6H2,1-3H3. The van der Waals surface area contributed by atoms with Gasteiger partial charge >= 0.3 is 0 Å². The lowest BCUT2D eigenvalue weighted by Crippen LogP contribution is -2.02. The maximum Gasteiger partial charge on any atom is 0.144 e. The van der Waals surface area contributed by atoms with Crippen LogP contribution in [0.5, 0.6) is 11.5 Å². The molecule has 4 heteroatoms. The summed E-state index contributed by atoms with van der Waals surface area (Å²) in [6, 6.07) is 3.41. The molecular formula is C11H13ClO3. The zero-order valence-electron chi connectivity index (χ0n) is 8.96. The highest BCUT2D eigenvalue weighted by atomic mass is 35.5. The summed E-state index contributed by atoms with van der Waals surface area (Å²) in [6.07, 6.45) is 0.257. The average molecular weight is 229 g/mol. The molecule has 15 heavy (non-hydrogen) atoms. The van der Waals surface area contributed by atoms with E-state index in [1.165, 1.54) is 14.0 Å². The fourth-order valence-corrected chi connectivity index (χ4v) is 1.66. The first-order valence-electron chi connectivity index (χ1n) is 4.49. The van der Waals surface area contributed by atoms with Crippen LogP contribution in [0, 0.1) is 0 Å². The highest BCUT2D eigenvalue weighted by molar-refractivity contribution is 6.32. The predicted octanol–water partition coefficient (Wildman–Crippen LogP) is 2.49. The molecule has 0 aromatic heterocycles. The Balaban J connectivity index is 3.26. The normalized spacial score (nSPS) is 9.87. The van der Waals surface area contributed by atoms with E-state index in [2.05, 4.69) is 0 Å². The van der Waals surface area contributed by atoms with E-state index in [4.69, 9.17) is 21.1 Å². The number of ether oxygens (including phenoxy) is 2. The number of carbonyl (C=O) groups is 1. The number of ketones is 1. The Kier molecular flexibility index (Phi) is 3.97. The third kappa shape index (κ3) is 2.63. The van der Waals surface area contributed by atoms with Gasteiger partial charge in [-0.2, -0.15) is 0 Å². The van der Waals surface area contributed by atoms with E-state index in [1.54, 1.807) is 19.2 Å². The first-order valence-corrected chi connectivity index (χ1v) is 4.86. The van der Waals surface area contributed by atoms with Crippen molar-refractivity contribution in [2.45, 2.75) is 13.3 Å². The van der Waals surface area contributed by atoms with Crippen molar-refractivity contribution in [2.24, 2.45) is 0 Å². The summed E-state index contributed by atoms with van der Waals surface area (Å²) in [5.74, 6) is 1.16. The SMILES string of the molecule is COc1ccc(Cl)c(OC)c1CC(C)=O. The highest BCUT2D eigenvalue weighted by Gasteiger charge is 2.15.